The summed E-state index contributed by atoms with van der Waals surface area (Å²) in [6.07, 6.45) is 4.04. The summed E-state index contributed by atoms with van der Waals surface area (Å²) in [5.74, 6) is -3.12. The Bertz CT molecular complexity index is 1090. The summed E-state index contributed by atoms with van der Waals surface area (Å²) >= 11 is 12.2. The minimum Gasteiger partial charge on any atom is -0.482 e. The molecule has 0 amide bonds. The van der Waals surface area contributed by atoms with Gasteiger partial charge in [0.2, 0.25) is 0 Å². The van der Waals surface area contributed by atoms with E-state index < -0.39 is 24.4 Å². The largest absolute Gasteiger partial charge is 0.482 e. The molecule has 0 spiro atoms. The van der Waals surface area contributed by atoms with Gasteiger partial charge in [-0.3, -0.25) is 4.68 Å². The highest BCUT2D eigenvalue weighted by atomic mass is 35.5. The fourth-order valence-electron chi connectivity index (χ4n) is 3.11. The summed E-state index contributed by atoms with van der Waals surface area (Å²) in [7, 11) is 0. The molecule has 4 N–H and O–H groups in total. The van der Waals surface area contributed by atoms with E-state index in [9.17, 15) is 13.2 Å². The molecule has 2 aromatic heterocycles. The fraction of sp³-hybridized carbons (Fsp3) is 0.391. The molecule has 0 bridgehead atoms. The molecule has 0 aliphatic heterocycles. The van der Waals surface area contributed by atoms with Crippen molar-refractivity contribution < 1.29 is 17.9 Å². The van der Waals surface area contributed by atoms with Crippen LogP contribution < -0.4 is 16.2 Å². The second-order valence-corrected chi connectivity index (χ2v) is 8.07. The Kier molecular flexibility index (Phi) is 10.0. The lowest BCUT2D eigenvalue weighted by molar-refractivity contribution is -0.000947. The number of aromatic nitrogens is 3. The lowest BCUT2D eigenvalue weighted by Crippen LogP contribution is -2.27. The van der Waals surface area contributed by atoms with Crippen molar-refractivity contribution in [3.8, 4) is 16.9 Å². The Morgan fingerprint density at radius 1 is 1.18 bits per heavy atom. The van der Waals surface area contributed by atoms with Gasteiger partial charge in [0.25, 0.3) is 5.92 Å². The first-order valence-corrected chi connectivity index (χ1v) is 11.5. The average Bonchev–Trinajstić information content (AvgIpc) is 3.28. The standard InChI is InChI=1S/C21H22Cl2F3N5O.C2H6/c1-12(18-15(22)3-4-16(24)19(18)23)32-17-7-13(8-29-20(17)28)14-9-30-31(10-14)6-2-5-21(25,26)11-27;1-2/h3-4,7-10,12H,2,5-6,11,27H2,1H3,(H2,28,29);1-2H3. The number of hydrogen-bond acceptors (Lipinski definition) is 5. The highest BCUT2D eigenvalue weighted by Gasteiger charge is 2.25. The highest BCUT2D eigenvalue weighted by Crippen LogP contribution is 2.37. The Hall–Kier alpha value is -2.49. The summed E-state index contributed by atoms with van der Waals surface area (Å²) in [5, 5.41) is 4.32. The number of anilines is 1. The monoisotopic (exact) mass is 517 g/mol. The molecule has 2 heterocycles. The number of halogens is 5. The van der Waals surface area contributed by atoms with Gasteiger partial charge < -0.3 is 16.2 Å². The molecule has 0 aliphatic rings. The highest BCUT2D eigenvalue weighted by molar-refractivity contribution is 6.36. The predicted molar refractivity (Wildman–Crippen MR) is 130 cm³/mol. The maximum Gasteiger partial charge on any atom is 0.260 e. The third kappa shape index (κ3) is 7.01. The summed E-state index contributed by atoms with van der Waals surface area (Å²) < 4.78 is 47.9. The number of nitrogens with two attached hydrogens (primary N) is 2. The Morgan fingerprint density at radius 2 is 1.88 bits per heavy atom. The van der Waals surface area contributed by atoms with Crippen molar-refractivity contribution >= 4 is 29.0 Å². The van der Waals surface area contributed by atoms with Gasteiger partial charge in [-0.2, -0.15) is 5.10 Å². The van der Waals surface area contributed by atoms with Crippen molar-refractivity contribution in [3.63, 3.8) is 0 Å². The molecule has 3 rings (SSSR count). The zero-order valence-corrected chi connectivity index (χ0v) is 20.7. The molecule has 34 heavy (non-hydrogen) atoms. The molecule has 6 nitrogen and oxygen atoms in total. The molecule has 0 aliphatic carbocycles. The van der Waals surface area contributed by atoms with E-state index in [-0.39, 0.29) is 34.5 Å². The molecule has 0 saturated heterocycles. The molecule has 1 unspecified atom stereocenters. The van der Waals surface area contributed by atoms with Crippen LogP contribution >= 0.6 is 23.2 Å². The first-order valence-electron chi connectivity index (χ1n) is 10.8. The summed E-state index contributed by atoms with van der Waals surface area (Å²) in [6.45, 7) is 5.30. The summed E-state index contributed by atoms with van der Waals surface area (Å²) in [4.78, 5) is 4.14. The molecular formula is C23H28Cl2F3N5O. The summed E-state index contributed by atoms with van der Waals surface area (Å²) in [5.41, 5.74) is 12.6. The van der Waals surface area contributed by atoms with Gasteiger partial charge in [0, 0.05) is 47.1 Å². The van der Waals surface area contributed by atoms with E-state index in [1.54, 1.807) is 36.3 Å². The van der Waals surface area contributed by atoms with E-state index in [0.717, 1.165) is 0 Å². The van der Waals surface area contributed by atoms with E-state index in [4.69, 9.17) is 39.4 Å². The van der Waals surface area contributed by atoms with E-state index >= 15 is 0 Å². The van der Waals surface area contributed by atoms with Gasteiger partial charge >= 0.3 is 0 Å². The third-order valence-electron chi connectivity index (χ3n) is 4.87. The fourth-order valence-corrected chi connectivity index (χ4v) is 3.79. The van der Waals surface area contributed by atoms with E-state index in [1.807, 2.05) is 13.8 Å². The zero-order chi connectivity index (χ0) is 25.5. The van der Waals surface area contributed by atoms with E-state index in [1.165, 1.54) is 12.1 Å². The average molecular weight is 518 g/mol. The second-order valence-electron chi connectivity index (χ2n) is 7.28. The van der Waals surface area contributed by atoms with Crippen LogP contribution in [0.5, 0.6) is 5.75 Å². The summed E-state index contributed by atoms with van der Waals surface area (Å²) in [6, 6.07) is 4.23. The number of pyridine rings is 1. The molecule has 0 fully saturated rings. The van der Waals surface area contributed by atoms with Crippen molar-refractivity contribution in [2.24, 2.45) is 5.73 Å². The van der Waals surface area contributed by atoms with Gasteiger partial charge in [0.15, 0.2) is 11.6 Å². The van der Waals surface area contributed by atoms with Crippen LogP contribution in [0, 0.1) is 5.82 Å². The topological polar surface area (TPSA) is 92.0 Å². The third-order valence-corrected chi connectivity index (χ3v) is 5.58. The SMILES string of the molecule is CC.CC(Oc1cc(-c2cnn(CCCC(F)(F)CN)c2)cnc1N)c1c(Cl)ccc(F)c1Cl. The minimum absolute atomic E-state index is 0.126. The molecule has 186 valence electrons. The van der Waals surface area contributed by atoms with Crippen LogP contribution in [0.4, 0.5) is 19.0 Å². The number of hydrogen-bond donors (Lipinski definition) is 2. The predicted octanol–water partition coefficient (Wildman–Crippen LogP) is 6.51. The number of nitrogens with zero attached hydrogens (tertiary/aromatic N) is 3. The molecular weight excluding hydrogens is 490 g/mol. The van der Waals surface area contributed by atoms with Crippen LogP contribution in [-0.4, -0.2) is 27.2 Å². The molecule has 0 saturated carbocycles. The van der Waals surface area contributed by atoms with Crippen LogP contribution in [-0.2, 0) is 6.54 Å². The Balaban J connectivity index is 0.00000199. The molecule has 1 aromatic carbocycles. The number of ether oxygens (including phenoxy) is 1. The second kappa shape index (κ2) is 12.3. The number of rotatable bonds is 9. The van der Waals surface area contributed by atoms with Crippen molar-refractivity contribution in [3.05, 3.63) is 58.2 Å². The van der Waals surface area contributed by atoms with Gasteiger partial charge in [-0.15, -0.1) is 0 Å². The van der Waals surface area contributed by atoms with Crippen molar-refractivity contribution in [2.45, 2.75) is 52.2 Å². The van der Waals surface area contributed by atoms with Crippen LogP contribution in [0.1, 0.15) is 45.3 Å². The lowest BCUT2D eigenvalue weighted by atomic mass is 10.1. The van der Waals surface area contributed by atoms with Crippen LogP contribution in [0.2, 0.25) is 10.0 Å². The Labute approximate surface area is 207 Å². The van der Waals surface area contributed by atoms with E-state index in [2.05, 4.69) is 10.1 Å². The molecule has 11 heteroatoms. The maximum absolute atomic E-state index is 13.9. The van der Waals surface area contributed by atoms with Gasteiger partial charge in [-0.25, -0.2) is 18.2 Å². The number of nitrogen functional groups attached to an aromatic ring is 1. The zero-order valence-electron chi connectivity index (χ0n) is 19.2. The van der Waals surface area contributed by atoms with Gasteiger partial charge in [-0.05, 0) is 31.5 Å². The van der Waals surface area contributed by atoms with Gasteiger partial charge in [-0.1, -0.05) is 37.0 Å². The Morgan fingerprint density at radius 3 is 2.56 bits per heavy atom. The van der Waals surface area contributed by atoms with Crippen LogP contribution in [0.3, 0.4) is 0 Å². The maximum atomic E-state index is 13.9. The lowest BCUT2D eigenvalue weighted by Gasteiger charge is -2.19. The number of alkyl halides is 2. The minimum atomic E-state index is -2.88. The van der Waals surface area contributed by atoms with Crippen molar-refractivity contribution in [2.75, 3.05) is 12.3 Å². The van der Waals surface area contributed by atoms with Crippen molar-refractivity contribution in [1.29, 1.82) is 0 Å². The normalized spacial score (nSPS) is 12.1. The molecule has 3 aromatic rings. The van der Waals surface area contributed by atoms with E-state index in [0.29, 0.717) is 23.2 Å². The molecule has 1 atom stereocenters. The van der Waals surface area contributed by atoms with Crippen molar-refractivity contribution in [1.82, 2.24) is 14.8 Å². The van der Waals surface area contributed by atoms with Crippen LogP contribution in [0.15, 0.2) is 36.8 Å². The number of aryl methyl sites for hydroxylation is 1. The molecule has 0 radical (unpaired) electrons. The van der Waals surface area contributed by atoms with Gasteiger partial charge in [0.05, 0.1) is 17.8 Å². The smallest absolute Gasteiger partial charge is 0.260 e. The first-order chi connectivity index (χ1) is 16.1. The number of benzene rings is 1. The first kappa shape index (κ1) is 27.8. The quantitative estimate of drug-likeness (QED) is 0.315. The van der Waals surface area contributed by atoms with Gasteiger partial charge in [0.1, 0.15) is 11.9 Å². The van der Waals surface area contributed by atoms with Crippen LogP contribution in [0.25, 0.3) is 11.1 Å².